The van der Waals surface area contributed by atoms with Crippen LogP contribution in [-0.2, 0) is 6.54 Å². The van der Waals surface area contributed by atoms with E-state index in [9.17, 15) is 4.79 Å². The number of rotatable bonds is 6. The smallest absolute Gasteiger partial charge is 0.274 e. The first-order valence-corrected chi connectivity index (χ1v) is 12.2. The number of carbonyl (C=O) groups excluding carboxylic acids is 1. The van der Waals surface area contributed by atoms with Crippen molar-refractivity contribution in [3.8, 4) is 22.5 Å². The van der Waals surface area contributed by atoms with Crippen LogP contribution < -0.4 is 11.1 Å². The summed E-state index contributed by atoms with van der Waals surface area (Å²) < 4.78 is 0. The predicted octanol–water partition coefficient (Wildman–Crippen LogP) is 4.99. The van der Waals surface area contributed by atoms with E-state index in [0.717, 1.165) is 32.6 Å². The highest BCUT2D eigenvalue weighted by atomic mass is 32.2. The number of hydrogen-bond donors (Lipinski definition) is 2. The Kier molecular flexibility index (Phi) is 6.36. The lowest BCUT2D eigenvalue weighted by Gasteiger charge is -2.13. The summed E-state index contributed by atoms with van der Waals surface area (Å²) >= 11 is 1.61. The molecule has 2 aromatic carbocycles. The molecule has 0 fully saturated rings. The molecule has 172 valence electrons. The van der Waals surface area contributed by atoms with E-state index in [1.54, 1.807) is 24.2 Å². The van der Waals surface area contributed by atoms with Gasteiger partial charge in [0.05, 0.1) is 29.1 Å². The molecular formula is C27H22N6OS. The highest BCUT2D eigenvalue weighted by molar-refractivity contribution is 7.98. The molecule has 5 aromatic rings. The van der Waals surface area contributed by atoms with Crippen molar-refractivity contribution in [2.75, 3.05) is 12.0 Å². The fourth-order valence-corrected chi connectivity index (χ4v) is 4.09. The van der Waals surface area contributed by atoms with Crippen molar-refractivity contribution >= 4 is 34.4 Å². The fourth-order valence-electron chi connectivity index (χ4n) is 3.73. The van der Waals surface area contributed by atoms with Crippen LogP contribution >= 0.6 is 11.8 Å². The SMILES string of the molecule is CSc1ccc(CNC(=O)c2nc(-c3ccc4ncccc4c3)c(-c3ccccc3)nc2N)nc1. The number of benzene rings is 2. The molecule has 0 saturated carbocycles. The van der Waals surface area contributed by atoms with Crippen LogP contribution in [0.25, 0.3) is 33.4 Å². The van der Waals surface area contributed by atoms with E-state index in [-0.39, 0.29) is 18.1 Å². The lowest BCUT2D eigenvalue weighted by Crippen LogP contribution is -2.26. The Morgan fingerprint density at radius 1 is 0.914 bits per heavy atom. The molecule has 0 aliphatic rings. The summed E-state index contributed by atoms with van der Waals surface area (Å²) in [4.78, 5) is 32.2. The van der Waals surface area contributed by atoms with Crippen LogP contribution in [0.4, 0.5) is 5.82 Å². The highest BCUT2D eigenvalue weighted by Crippen LogP contribution is 2.32. The van der Waals surface area contributed by atoms with Crippen molar-refractivity contribution in [2.45, 2.75) is 11.4 Å². The van der Waals surface area contributed by atoms with Crippen LogP contribution in [0.15, 0.2) is 90.1 Å². The Morgan fingerprint density at radius 3 is 2.51 bits per heavy atom. The number of carbonyl (C=O) groups is 1. The summed E-state index contributed by atoms with van der Waals surface area (Å²) in [5, 5.41) is 3.83. The zero-order valence-corrected chi connectivity index (χ0v) is 19.8. The zero-order chi connectivity index (χ0) is 24.2. The summed E-state index contributed by atoms with van der Waals surface area (Å²) in [6, 6.07) is 23.3. The third-order valence-corrected chi connectivity index (χ3v) is 6.24. The third-order valence-electron chi connectivity index (χ3n) is 5.52. The van der Waals surface area contributed by atoms with Gasteiger partial charge in [0.25, 0.3) is 5.91 Å². The zero-order valence-electron chi connectivity index (χ0n) is 19.0. The van der Waals surface area contributed by atoms with E-state index in [1.807, 2.05) is 79.1 Å². The Bertz CT molecular complexity index is 1510. The standard InChI is InChI=1S/C27H22N6OS/c1-35-21-11-10-20(30-16-21)15-31-27(34)25-26(28)33-23(17-6-3-2-4-7-17)24(32-25)19-9-12-22-18(14-19)8-5-13-29-22/h2-14,16H,15H2,1H3,(H2,28,33)(H,31,34). The first-order valence-electron chi connectivity index (χ1n) is 11.0. The number of nitrogens with one attached hydrogen (secondary N) is 1. The molecule has 0 radical (unpaired) electrons. The molecule has 7 nitrogen and oxygen atoms in total. The number of fused-ring (bicyclic) bond motifs is 1. The minimum Gasteiger partial charge on any atom is -0.382 e. The van der Waals surface area contributed by atoms with E-state index in [0.29, 0.717) is 11.4 Å². The number of aromatic nitrogens is 4. The molecule has 3 heterocycles. The molecule has 0 aliphatic heterocycles. The predicted molar refractivity (Wildman–Crippen MR) is 140 cm³/mol. The Labute approximate surface area is 206 Å². The van der Waals surface area contributed by atoms with Gasteiger partial charge in [0, 0.05) is 33.8 Å². The van der Waals surface area contributed by atoms with Crippen molar-refractivity contribution in [3.05, 3.63) is 96.6 Å². The molecule has 5 rings (SSSR count). The fraction of sp³-hybridized carbons (Fsp3) is 0.0741. The van der Waals surface area contributed by atoms with E-state index in [2.05, 4.69) is 20.3 Å². The van der Waals surface area contributed by atoms with Gasteiger partial charge in [0.1, 0.15) is 0 Å². The van der Waals surface area contributed by atoms with Crippen LogP contribution in [0.1, 0.15) is 16.2 Å². The second-order valence-corrected chi connectivity index (χ2v) is 8.68. The number of hydrogen-bond acceptors (Lipinski definition) is 7. The van der Waals surface area contributed by atoms with Gasteiger partial charge in [-0.2, -0.15) is 0 Å². The number of nitrogens with zero attached hydrogens (tertiary/aromatic N) is 4. The lowest BCUT2D eigenvalue weighted by atomic mass is 10.0. The van der Waals surface area contributed by atoms with E-state index < -0.39 is 5.91 Å². The third kappa shape index (κ3) is 4.83. The van der Waals surface area contributed by atoms with Crippen molar-refractivity contribution in [1.29, 1.82) is 0 Å². The summed E-state index contributed by atoms with van der Waals surface area (Å²) in [6.07, 6.45) is 5.52. The molecule has 0 aliphatic carbocycles. The van der Waals surface area contributed by atoms with Crippen LogP contribution in [0.5, 0.6) is 0 Å². The van der Waals surface area contributed by atoms with Crippen LogP contribution in [0.3, 0.4) is 0 Å². The Balaban J connectivity index is 1.53. The molecule has 0 atom stereocenters. The number of nitrogen functional groups attached to an aromatic ring is 1. The number of nitrogens with two attached hydrogens (primary N) is 1. The number of amides is 1. The van der Waals surface area contributed by atoms with Gasteiger partial charge in [0.15, 0.2) is 11.5 Å². The van der Waals surface area contributed by atoms with Gasteiger partial charge in [-0.25, -0.2) is 9.97 Å². The quantitative estimate of drug-likeness (QED) is 0.331. The topological polar surface area (TPSA) is 107 Å². The maximum atomic E-state index is 13.1. The maximum absolute atomic E-state index is 13.1. The van der Waals surface area contributed by atoms with E-state index in [1.165, 1.54) is 0 Å². The molecule has 3 aromatic heterocycles. The number of anilines is 1. The number of thioether (sulfide) groups is 1. The summed E-state index contributed by atoms with van der Waals surface area (Å²) in [7, 11) is 0. The van der Waals surface area contributed by atoms with Gasteiger partial charge >= 0.3 is 0 Å². The van der Waals surface area contributed by atoms with Gasteiger partial charge in [-0.05, 0) is 36.6 Å². The van der Waals surface area contributed by atoms with E-state index >= 15 is 0 Å². The van der Waals surface area contributed by atoms with Gasteiger partial charge in [0.2, 0.25) is 0 Å². The molecule has 35 heavy (non-hydrogen) atoms. The average molecular weight is 479 g/mol. The summed E-state index contributed by atoms with van der Waals surface area (Å²) in [5.41, 5.74) is 10.8. The molecular weight excluding hydrogens is 456 g/mol. The second-order valence-electron chi connectivity index (χ2n) is 7.80. The summed E-state index contributed by atoms with van der Waals surface area (Å²) in [6.45, 7) is 0.256. The Morgan fingerprint density at radius 2 is 1.74 bits per heavy atom. The summed E-state index contributed by atoms with van der Waals surface area (Å²) in [5.74, 6) is -0.340. The second kappa shape index (κ2) is 9.90. The first kappa shape index (κ1) is 22.5. The van der Waals surface area contributed by atoms with E-state index in [4.69, 9.17) is 10.7 Å². The van der Waals surface area contributed by atoms with Gasteiger partial charge < -0.3 is 11.1 Å². The molecule has 0 bridgehead atoms. The first-order chi connectivity index (χ1) is 17.1. The molecule has 1 amide bonds. The van der Waals surface area contributed by atoms with Crippen molar-refractivity contribution in [3.63, 3.8) is 0 Å². The monoisotopic (exact) mass is 478 g/mol. The van der Waals surface area contributed by atoms with Gasteiger partial charge in [-0.3, -0.25) is 14.8 Å². The molecule has 0 unspecified atom stereocenters. The minimum absolute atomic E-state index is 0.0678. The van der Waals surface area contributed by atoms with Crippen molar-refractivity contribution in [1.82, 2.24) is 25.3 Å². The Hall–Kier alpha value is -4.30. The van der Waals surface area contributed by atoms with Gasteiger partial charge in [-0.15, -0.1) is 11.8 Å². The lowest BCUT2D eigenvalue weighted by molar-refractivity contribution is 0.0946. The highest BCUT2D eigenvalue weighted by Gasteiger charge is 2.20. The minimum atomic E-state index is -0.408. The normalized spacial score (nSPS) is 10.9. The largest absolute Gasteiger partial charge is 0.382 e. The molecule has 0 spiro atoms. The molecule has 3 N–H and O–H groups in total. The number of pyridine rings is 2. The average Bonchev–Trinajstić information content (AvgIpc) is 2.92. The van der Waals surface area contributed by atoms with Crippen LogP contribution in [0.2, 0.25) is 0 Å². The maximum Gasteiger partial charge on any atom is 0.274 e. The van der Waals surface area contributed by atoms with Crippen LogP contribution in [-0.4, -0.2) is 32.1 Å². The van der Waals surface area contributed by atoms with Crippen molar-refractivity contribution in [2.24, 2.45) is 0 Å². The van der Waals surface area contributed by atoms with Crippen molar-refractivity contribution < 1.29 is 4.79 Å². The van der Waals surface area contributed by atoms with Gasteiger partial charge in [-0.1, -0.05) is 42.5 Å². The molecule has 0 saturated heterocycles. The molecule has 8 heteroatoms. The van der Waals surface area contributed by atoms with Crippen LogP contribution in [0, 0.1) is 0 Å².